The van der Waals surface area contributed by atoms with Gasteiger partial charge in [0.15, 0.2) is 0 Å². The van der Waals surface area contributed by atoms with E-state index in [0.29, 0.717) is 5.57 Å². The third kappa shape index (κ3) is 15.2. The van der Waals surface area contributed by atoms with E-state index in [1.807, 2.05) is 0 Å². The van der Waals surface area contributed by atoms with Crippen LogP contribution in [-0.4, -0.2) is 34.7 Å². The van der Waals surface area contributed by atoms with Crippen LogP contribution in [0.25, 0.3) is 0 Å². The summed E-state index contributed by atoms with van der Waals surface area (Å²) in [6.07, 6.45) is 0.336. The summed E-state index contributed by atoms with van der Waals surface area (Å²) in [6.45, 7) is 9.92. The highest BCUT2D eigenvalue weighted by molar-refractivity contribution is 5.92. The van der Waals surface area contributed by atoms with Crippen LogP contribution >= 0.6 is 0 Å². The van der Waals surface area contributed by atoms with Crippen LogP contribution in [0.5, 0.6) is 0 Å². The molecule has 0 bridgehead atoms. The van der Waals surface area contributed by atoms with Gasteiger partial charge in [0, 0.05) is 18.2 Å². The maximum Gasteiger partial charge on any atom is 0.327 e. The number of carboxylic acid groups (broad SMARTS) is 1. The molecule has 0 aliphatic heterocycles. The number of rotatable bonds is 4. The fourth-order valence-electron chi connectivity index (χ4n) is 0.391. The van der Waals surface area contributed by atoms with Gasteiger partial charge in [-0.2, -0.15) is 0 Å². The van der Waals surface area contributed by atoms with Gasteiger partial charge in [-0.25, -0.2) is 4.79 Å². The molecule has 0 fully saturated rings. The summed E-state index contributed by atoms with van der Waals surface area (Å²) in [7, 11) is 0. The van der Waals surface area contributed by atoms with Crippen LogP contribution in [-0.2, 0) is 9.59 Å². The van der Waals surface area contributed by atoms with Gasteiger partial charge in [-0.3, -0.25) is 4.79 Å². The van der Waals surface area contributed by atoms with Crippen molar-refractivity contribution in [1.82, 2.24) is 5.32 Å². The molecule has 0 saturated carbocycles. The van der Waals surface area contributed by atoms with Gasteiger partial charge in [0.05, 0.1) is 6.10 Å². The molecule has 3 N–H and O–H groups in total. The van der Waals surface area contributed by atoms with Crippen molar-refractivity contribution in [2.45, 2.75) is 20.0 Å². The summed E-state index contributed by atoms with van der Waals surface area (Å²) in [5.74, 6) is -1.19. The molecule has 0 heterocycles. The van der Waals surface area contributed by atoms with Gasteiger partial charge in [0.2, 0.25) is 5.91 Å². The number of carboxylic acids is 1. The third-order valence-electron chi connectivity index (χ3n) is 1.12. The lowest BCUT2D eigenvalue weighted by Gasteiger charge is -2.05. The fraction of sp³-hybridized carbons (Fsp3) is 0.400. The highest BCUT2D eigenvalue weighted by Crippen LogP contribution is 1.85. The molecule has 86 valence electrons. The predicted octanol–water partition coefficient (Wildman–Crippen LogP) is 0.317. The standard InChI is InChI=1S/C7H13NO2.C3H4O2/c1-5(2)7(10)8-4-6(3)9;1-2-3(4)5/h6,9H,1,4H2,2-3H3,(H,8,10);2H,1H2,(H,4,5). The topological polar surface area (TPSA) is 86.6 Å². The zero-order valence-corrected chi connectivity index (χ0v) is 8.99. The second-order valence-corrected chi connectivity index (χ2v) is 2.88. The van der Waals surface area contributed by atoms with E-state index in [2.05, 4.69) is 18.5 Å². The average Bonchev–Trinajstić information content (AvgIpc) is 2.14. The summed E-state index contributed by atoms with van der Waals surface area (Å²) >= 11 is 0. The summed E-state index contributed by atoms with van der Waals surface area (Å²) in [6, 6.07) is 0. The molecule has 0 aromatic rings. The van der Waals surface area contributed by atoms with Crippen LogP contribution < -0.4 is 5.32 Å². The highest BCUT2D eigenvalue weighted by atomic mass is 16.4. The molecule has 15 heavy (non-hydrogen) atoms. The van der Waals surface area contributed by atoms with Crippen molar-refractivity contribution < 1.29 is 19.8 Å². The smallest absolute Gasteiger partial charge is 0.327 e. The van der Waals surface area contributed by atoms with Crippen LogP contribution in [0, 0.1) is 0 Å². The van der Waals surface area contributed by atoms with Crippen molar-refractivity contribution >= 4 is 11.9 Å². The van der Waals surface area contributed by atoms with Crippen LogP contribution in [0.1, 0.15) is 13.8 Å². The SMILES string of the molecule is C=C(C)C(=O)NCC(C)O.C=CC(=O)O. The Balaban J connectivity index is 0. The number of aliphatic carboxylic acids is 1. The Morgan fingerprint density at radius 2 is 1.93 bits per heavy atom. The lowest BCUT2D eigenvalue weighted by molar-refractivity contribution is -0.131. The molecular weight excluding hydrogens is 198 g/mol. The first kappa shape index (κ1) is 15.8. The second-order valence-electron chi connectivity index (χ2n) is 2.88. The largest absolute Gasteiger partial charge is 0.478 e. The monoisotopic (exact) mass is 215 g/mol. The maximum atomic E-state index is 10.7. The lowest BCUT2D eigenvalue weighted by Crippen LogP contribution is -2.30. The molecule has 0 aromatic heterocycles. The summed E-state index contributed by atoms with van der Waals surface area (Å²) in [4.78, 5) is 20.0. The third-order valence-corrected chi connectivity index (χ3v) is 1.12. The molecule has 0 spiro atoms. The van der Waals surface area contributed by atoms with E-state index in [0.717, 1.165) is 6.08 Å². The zero-order valence-electron chi connectivity index (χ0n) is 8.99. The number of hydrogen-bond acceptors (Lipinski definition) is 3. The van der Waals surface area contributed by atoms with Crippen LogP contribution in [0.15, 0.2) is 24.8 Å². The van der Waals surface area contributed by atoms with Crippen molar-refractivity contribution in [2.24, 2.45) is 0 Å². The predicted molar refractivity (Wildman–Crippen MR) is 57.3 cm³/mol. The Kier molecular flexibility index (Phi) is 9.45. The van der Waals surface area contributed by atoms with Crippen molar-refractivity contribution in [3.63, 3.8) is 0 Å². The number of hydrogen-bond donors (Lipinski definition) is 3. The van der Waals surface area contributed by atoms with Crippen LogP contribution in [0.4, 0.5) is 0 Å². The number of aliphatic hydroxyl groups is 1. The lowest BCUT2D eigenvalue weighted by atomic mass is 10.3. The molecule has 5 heteroatoms. The minimum atomic E-state index is -0.981. The van der Waals surface area contributed by atoms with Crippen molar-refractivity contribution in [2.75, 3.05) is 6.54 Å². The molecule has 0 radical (unpaired) electrons. The normalized spacial score (nSPS) is 10.3. The highest BCUT2D eigenvalue weighted by Gasteiger charge is 2.01. The quantitative estimate of drug-likeness (QED) is 0.589. The molecule has 1 amide bonds. The molecule has 5 nitrogen and oxygen atoms in total. The summed E-state index contributed by atoms with van der Waals surface area (Å²) in [5, 5.41) is 18.8. The first-order chi connectivity index (χ1) is 6.81. The molecule has 0 aliphatic rings. The van der Waals surface area contributed by atoms with Gasteiger partial charge in [-0.05, 0) is 13.8 Å². The van der Waals surface area contributed by atoms with Crippen molar-refractivity contribution in [1.29, 1.82) is 0 Å². The molecule has 0 aromatic carbocycles. The number of amides is 1. The Morgan fingerprint density at radius 3 is 2.13 bits per heavy atom. The van der Waals surface area contributed by atoms with Crippen LogP contribution in [0.3, 0.4) is 0 Å². The van der Waals surface area contributed by atoms with E-state index in [9.17, 15) is 9.59 Å². The van der Waals surface area contributed by atoms with Crippen LogP contribution in [0.2, 0.25) is 0 Å². The van der Waals surface area contributed by atoms with Gasteiger partial charge in [0.1, 0.15) is 0 Å². The van der Waals surface area contributed by atoms with Gasteiger partial charge >= 0.3 is 5.97 Å². The Bertz CT molecular complexity index is 246. The maximum absolute atomic E-state index is 10.7. The van der Waals surface area contributed by atoms with Crippen molar-refractivity contribution in [3.8, 4) is 0 Å². The molecule has 1 atom stereocenters. The minimum absolute atomic E-state index is 0.207. The first-order valence-electron chi connectivity index (χ1n) is 4.28. The van der Waals surface area contributed by atoms with Gasteiger partial charge in [-0.15, -0.1) is 0 Å². The molecule has 0 aliphatic carbocycles. The number of carbonyl (C=O) groups excluding carboxylic acids is 1. The molecule has 0 rings (SSSR count). The van der Waals surface area contributed by atoms with Gasteiger partial charge < -0.3 is 15.5 Å². The molecular formula is C10H17NO4. The van der Waals surface area contributed by atoms with E-state index >= 15 is 0 Å². The molecule has 0 saturated heterocycles. The van der Waals surface area contributed by atoms with Gasteiger partial charge in [0.25, 0.3) is 0 Å². The zero-order chi connectivity index (χ0) is 12.4. The first-order valence-corrected chi connectivity index (χ1v) is 4.28. The Morgan fingerprint density at radius 1 is 1.53 bits per heavy atom. The van der Waals surface area contributed by atoms with Crippen molar-refractivity contribution in [3.05, 3.63) is 24.8 Å². The molecule has 1 unspecified atom stereocenters. The van der Waals surface area contributed by atoms with E-state index in [1.165, 1.54) is 0 Å². The Labute approximate surface area is 89.1 Å². The van der Waals surface area contributed by atoms with E-state index in [-0.39, 0.29) is 12.5 Å². The fourth-order valence-corrected chi connectivity index (χ4v) is 0.391. The number of nitrogens with one attached hydrogen (secondary N) is 1. The second kappa shape index (κ2) is 8.96. The van der Waals surface area contributed by atoms with Gasteiger partial charge in [-0.1, -0.05) is 13.2 Å². The van der Waals surface area contributed by atoms with E-state index in [4.69, 9.17) is 10.2 Å². The summed E-state index contributed by atoms with van der Waals surface area (Å²) < 4.78 is 0. The van der Waals surface area contributed by atoms with E-state index < -0.39 is 12.1 Å². The minimum Gasteiger partial charge on any atom is -0.478 e. The number of carbonyl (C=O) groups is 2. The average molecular weight is 215 g/mol. The van der Waals surface area contributed by atoms with E-state index in [1.54, 1.807) is 13.8 Å². The summed E-state index contributed by atoms with van der Waals surface area (Å²) in [5.41, 5.74) is 0.459. The number of aliphatic hydroxyl groups excluding tert-OH is 1. The Hall–Kier alpha value is -1.62.